The van der Waals surface area contributed by atoms with Crippen LogP contribution in [0, 0.1) is 5.92 Å². The molecule has 0 aliphatic rings. The van der Waals surface area contributed by atoms with Gasteiger partial charge in [0.25, 0.3) is 0 Å². The fourth-order valence-corrected chi connectivity index (χ4v) is 4.66. The van der Waals surface area contributed by atoms with E-state index >= 15 is 0 Å². The fourth-order valence-electron chi connectivity index (χ4n) is 4.66. The van der Waals surface area contributed by atoms with Crippen molar-refractivity contribution in [2.75, 3.05) is 0 Å². The SMILES string of the molecule is CC(C)C(NC(=O)OC(C)(C)C)C(=O)N(C(C(=O)NC(Cc1ccccc1)C(=O)OC(C)(C)C)c1ccccc1)C(C)(C)C. The van der Waals surface area contributed by atoms with Gasteiger partial charge in [0.15, 0.2) is 0 Å². The molecule has 0 radical (unpaired) electrons. The molecule has 0 spiro atoms. The quantitative estimate of drug-likeness (QED) is 0.321. The van der Waals surface area contributed by atoms with Gasteiger partial charge in [-0.2, -0.15) is 0 Å². The summed E-state index contributed by atoms with van der Waals surface area (Å²) in [5, 5.41) is 5.64. The van der Waals surface area contributed by atoms with E-state index in [1.807, 2.05) is 71.0 Å². The van der Waals surface area contributed by atoms with Crippen LogP contribution in [0.3, 0.4) is 0 Å². The van der Waals surface area contributed by atoms with E-state index in [1.165, 1.54) is 4.90 Å². The smallest absolute Gasteiger partial charge is 0.408 e. The van der Waals surface area contributed by atoms with E-state index in [-0.39, 0.29) is 12.3 Å². The second-order valence-electron chi connectivity index (χ2n) is 14.3. The van der Waals surface area contributed by atoms with E-state index in [2.05, 4.69) is 10.6 Å². The molecule has 44 heavy (non-hydrogen) atoms. The molecule has 0 heterocycles. The first-order valence-electron chi connectivity index (χ1n) is 15.1. The lowest BCUT2D eigenvalue weighted by atomic mass is 9.93. The number of ether oxygens (including phenoxy) is 2. The molecule has 2 rings (SSSR count). The minimum absolute atomic E-state index is 0.196. The molecule has 0 saturated heterocycles. The van der Waals surface area contributed by atoms with Crippen molar-refractivity contribution in [2.24, 2.45) is 5.92 Å². The molecule has 3 atom stereocenters. The number of carbonyl (C=O) groups excluding carboxylic acids is 4. The minimum Gasteiger partial charge on any atom is -0.458 e. The summed E-state index contributed by atoms with van der Waals surface area (Å²) >= 11 is 0. The maximum Gasteiger partial charge on any atom is 0.408 e. The van der Waals surface area contributed by atoms with Crippen molar-refractivity contribution < 1.29 is 28.7 Å². The Bertz CT molecular complexity index is 1260. The molecule has 2 N–H and O–H groups in total. The topological polar surface area (TPSA) is 114 Å². The summed E-state index contributed by atoms with van der Waals surface area (Å²) in [5.41, 5.74) is -1.03. The van der Waals surface area contributed by atoms with Crippen molar-refractivity contribution in [2.45, 2.75) is 117 Å². The van der Waals surface area contributed by atoms with Crippen LogP contribution >= 0.6 is 0 Å². The van der Waals surface area contributed by atoms with Crippen LogP contribution in [-0.2, 0) is 30.3 Å². The van der Waals surface area contributed by atoms with Crippen LogP contribution in [0.2, 0.25) is 0 Å². The number of nitrogens with zero attached hydrogens (tertiary/aromatic N) is 1. The van der Waals surface area contributed by atoms with Crippen molar-refractivity contribution in [1.29, 1.82) is 0 Å². The van der Waals surface area contributed by atoms with E-state index in [4.69, 9.17) is 9.47 Å². The van der Waals surface area contributed by atoms with Gasteiger partial charge >= 0.3 is 12.1 Å². The fraction of sp³-hybridized carbons (Fsp3) is 0.543. The number of esters is 1. The summed E-state index contributed by atoms with van der Waals surface area (Å²) in [6.45, 7) is 19.6. The average molecular weight is 610 g/mol. The third-order valence-corrected chi connectivity index (χ3v) is 6.48. The second kappa shape index (κ2) is 14.7. The Morgan fingerprint density at radius 2 is 1.23 bits per heavy atom. The molecule has 2 aromatic rings. The van der Waals surface area contributed by atoms with Crippen LogP contribution in [0.15, 0.2) is 60.7 Å². The number of benzene rings is 2. The summed E-state index contributed by atoms with van der Waals surface area (Å²) < 4.78 is 11.1. The molecule has 0 bridgehead atoms. The van der Waals surface area contributed by atoms with Gasteiger partial charge in [0, 0.05) is 12.0 Å². The van der Waals surface area contributed by atoms with E-state index in [1.54, 1.807) is 65.8 Å². The number of amides is 3. The molecule has 0 aromatic heterocycles. The highest BCUT2D eigenvalue weighted by molar-refractivity contribution is 5.94. The van der Waals surface area contributed by atoms with Gasteiger partial charge in [-0.25, -0.2) is 9.59 Å². The highest BCUT2D eigenvalue weighted by Crippen LogP contribution is 2.31. The highest BCUT2D eigenvalue weighted by atomic mass is 16.6. The van der Waals surface area contributed by atoms with Gasteiger partial charge in [0.05, 0.1) is 0 Å². The molecule has 3 amide bonds. The lowest BCUT2D eigenvalue weighted by Crippen LogP contribution is -2.60. The van der Waals surface area contributed by atoms with Gasteiger partial charge in [0.2, 0.25) is 11.8 Å². The van der Waals surface area contributed by atoms with Crippen LogP contribution in [0.25, 0.3) is 0 Å². The van der Waals surface area contributed by atoms with Gasteiger partial charge < -0.3 is 25.0 Å². The van der Waals surface area contributed by atoms with Gasteiger partial charge in [-0.15, -0.1) is 0 Å². The largest absolute Gasteiger partial charge is 0.458 e. The molecule has 2 aromatic carbocycles. The second-order valence-corrected chi connectivity index (χ2v) is 14.3. The number of carbonyl (C=O) groups is 4. The van der Waals surface area contributed by atoms with Gasteiger partial charge in [-0.1, -0.05) is 74.5 Å². The normalized spacial score (nSPS) is 14.2. The Morgan fingerprint density at radius 3 is 1.68 bits per heavy atom. The van der Waals surface area contributed by atoms with Crippen LogP contribution in [-0.4, -0.2) is 57.6 Å². The Hall–Kier alpha value is -3.88. The van der Waals surface area contributed by atoms with Crippen molar-refractivity contribution >= 4 is 23.9 Å². The summed E-state index contributed by atoms with van der Waals surface area (Å²) in [6, 6.07) is 15.1. The molecule has 0 aliphatic carbocycles. The molecule has 242 valence electrons. The predicted octanol–water partition coefficient (Wildman–Crippen LogP) is 5.97. The number of hydrogen-bond acceptors (Lipinski definition) is 6. The summed E-state index contributed by atoms with van der Waals surface area (Å²) in [4.78, 5) is 56.5. The minimum atomic E-state index is -1.13. The summed E-state index contributed by atoms with van der Waals surface area (Å²) in [6.07, 6.45) is -0.534. The Balaban J connectivity index is 2.59. The highest BCUT2D eigenvalue weighted by Gasteiger charge is 2.43. The monoisotopic (exact) mass is 609 g/mol. The Kier molecular flexibility index (Phi) is 12.2. The van der Waals surface area contributed by atoms with Gasteiger partial charge in [-0.05, 0) is 79.4 Å². The standard InChI is InChI=1S/C35H51N3O6/c1-23(2)27(37-32(42)44-35(9,10)11)30(40)38(33(3,4)5)28(25-20-16-13-17-21-25)29(39)36-26(31(41)43-34(6,7)8)22-24-18-14-12-15-19-24/h12-21,23,26-28H,22H2,1-11H3,(H,36,39)(H,37,42). The first-order chi connectivity index (χ1) is 20.2. The zero-order chi connectivity index (χ0) is 33.5. The molecular formula is C35H51N3O6. The first kappa shape index (κ1) is 36.3. The van der Waals surface area contributed by atoms with Crippen LogP contribution < -0.4 is 10.6 Å². The van der Waals surface area contributed by atoms with E-state index < -0.39 is 58.7 Å². The maximum atomic E-state index is 14.4. The zero-order valence-corrected chi connectivity index (χ0v) is 28.2. The van der Waals surface area contributed by atoms with Crippen molar-refractivity contribution in [3.05, 3.63) is 71.8 Å². The average Bonchev–Trinajstić information content (AvgIpc) is 2.87. The number of nitrogens with one attached hydrogen (secondary N) is 2. The number of rotatable bonds is 10. The van der Waals surface area contributed by atoms with Crippen LogP contribution in [0.5, 0.6) is 0 Å². The van der Waals surface area contributed by atoms with Crippen molar-refractivity contribution in [1.82, 2.24) is 15.5 Å². The van der Waals surface area contributed by atoms with Gasteiger partial charge in [0.1, 0.15) is 29.3 Å². The third-order valence-electron chi connectivity index (χ3n) is 6.48. The summed E-state index contributed by atoms with van der Waals surface area (Å²) in [5.74, 6) is -1.92. The lowest BCUT2D eigenvalue weighted by Gasteiger charge is -2.44. The molecule has 0 aliphatic heterocycles. The third kappa shape index (κ3) is 11.3. The Labute approximate surface area is 263 Å². The molecule has 0 fully saturated rings. The predicted molar refractivity (Wildman–Crippen MR) is 172 cm³/mol. The molecule has 9 heteroatoms. The van der Waals surface area contributed by atoms with Gasteiger partial charge in [-0.3, -0.25) is 9.59 Å². The number of alkyl carbamates (subject to hydrolysis) is 1. The summed E-state index contributed by atoms with van der Waals surface area (Å²) in [7, 11) is 0. The van der Waals surface area contributed by atoms with Crippen LogP contribution in [0.1, 0.15) is 93.3 Å². The maximum absolute atomic E-state index is 14.4. The molecule has 9 nitrogen and oxygen atoms in total. The zero-order valence-electron chi connectivity index (χ0n) is 28.2. The van der Waals surface area contributed by atoms with E-state index in [9.17, 15) is 19.2 Å². The molecule has 0 saturated carbocycles. The number of hydrogen-bond donors (Lipinski definition) is 2. The molecular weight excluding hydrogens is 558 g/mol. The van der Waals surface area contributed by atoms with E-state index in [0.717, 1.165) is 5.56 Å². The van der Waals surface area contributed by atoms with Crippen LogP contribution in [0.4, 0.5) is 4.79 Å². The van der Waals surface area contributed by atoms with E-state index in [0.29, 0.717) is 5.56 Å². The first-order valence-corrected chi connectivity index (χ1v) is 15.1. The lowest BCUT2D eigenvalue weighted by molar-refractivity contribution is -0.159. The molecule has 3 unspecified atom stereocenters. The van der Waals surface area contributed by atoms with Crippen molar-refractivity contribution in [3.63, 3.8) is 0 Å². The Morgan fingerprint density at radius 1 is 0.727 bits per heavy atom. The van der Waals surface area contributed by atoms with Crippen molar-refractivity contribution in [3.8, 4) is 0 Å².